The lowest BCUT2D eigenvalue weighted by Crippen LogP contribution is -2.55. The average molecular weight is 557 g/mol. The van der Waals surface area contributed by atoms with Crippen molar-refractivity contribution in [2.45, 2.75) is 58.5 Å². The van der Waals surface area contributed by atoms with E-state index in [1.165, 1.54) is 0 Å². The van der Waals surface area contributed by atoms with Gasteiger partial charge in [0.25, 0.3) is 5.91 Å². The fraction of sp³-hybridized carbons (Fsp3) is 0.667. The van der Waals surface area contributed by atoms with Gasteiger partial charge in [-0.1, -0.05) is 26.0 Å². The molecule has 2 fully saturated rings. The number of aryl methyl sites for hydroxylation is 1. The van der Waals surface area contributed by atoms with Gasteiger partial charge in [-0.05, 0) is 50.2 Å². The van der Waals surface area contributed by atoms with Crippen LogP contribution in [0.4, 0.5) is 0 Å². The van der Waals surface area contributed by atoms with Crippen molar-refractivity contribution in [3.05, 3.63) is 30.1 Å². The molecule has 1 aromatic heterocycles. The highest BCUT2D eigenvalue weighted by Gasteiger charge is 2.36. The molecule has 2 amide bonds. The van der Waals surface area contributed by atoms with Gasteiger partial charge in [0.15, 0.2) is 5.82 Å². The number of carbonyl (C=O) groups is 2. The van der Waals surface area contributed by atoms with Gasteiger partial charge < -0.3 is 24.4 Å². The zero-order chi connectivity index (χ0) is 24.8. The Bertz CT molecular complexity index is 1010. The number of hydrogen-bond acceptors (Lipinski definition) is 5. The molecule has 0 unspecified atom stereocenters. The number of halogens is 2. The first-order chi connectivity index (χ1) is 17.0. The predicted molar refractivity (Wildman–Crippen MR) is 152 cm³/mol. The molecule has 2 atom stereocenters. The molecule has 2 aromatic rings. The van der Waals surface area contributed by atoms with E-state index in [4.69, 9.17) is 9.72 Å². The van der Waals surface area contributed by atoms with Crippen LogP contribution in [0.15, 0.2) is 24.3 Å². The minimum absolute atomic E-state index is 0. The van der Waals surface area contributed by atoms with Crippen LogP contribution < -0.4 is 5.32 Å². The van der Waals surface area contributed by atoms with Crippen molar-refractivity contribution >= 4 is 47.7 Å². The fourth-order valence-electron chi connectivity index (χ4n) is 5.44. The zero-order valence-corrected chi connectivity index (χ0v) is 24.0. The van der Waals surface area contributed by atoms with Crippen LogP contribution in [-0.2, 0) is 16.1 Å². The normalized spacial score (nSPS) is 19.5. The summed E-state index contributed by atoms with van der Waals surface area (Å²) in [5, 5.41) is 3.46. The second kappa shape index (κ2) is 14.9. The van der Waals surface area contributed by atoms with Gasteiger partial charge in [-0.25, -0.2) is 4.98 Å². The number of methoxy groups -OCH3 is 1. The van der Waals surface area contributed by atoms with E-state index in [-0.39, 0.29) is 48.6 Å². The van der Waals surface area contributed by atoms with Crippen LogP contribution in [0, 0.1) is 11.8 Å². The first-order valence-corrected chi connectivity index (χ1v) is 13.2. The van der Waals surface area contributed by atoms with Crippen molar-refractivity contribution in [3.8, 4) is 0 Å². The van der Waals surface area contributed by atoms with E-state index < -0.39 is 0 Å². The maximum absolute atomic E-state index is 14.1. The number of benzene rings is 1. The monoisotopic (exact) mass is 555 g/mol. The summed E-state index contributed by atoms with van der Waals surface area (Å²) in [5.41, 5.74) is 1.83. The summed E-state index contributed by atoms with van der Waals surface area (Å²) in [6.07, 6.45) is 4.73. The minimum Gasteiger partial charge on any atom is -0.385 e. The lowest BCUT2D eigenvalue weighted by Gasteiger charge is -2.39. The van der Waals surface area contributed by atoms with Gasteiger partial charge in [0.05, 0.1) is 17.0 Å². The Kier molecular flexibility index (Phi) is 12.6. The number of amides is 2. The summed E-state index contributed by atoms with van der Waals surface area (Å²) < 4.78 is 7.29. The van der Waals surface area contributed by atoms with Crippen molar-refractivity contribution in [2.24, 2.45) is 11.8 Å². The molecule has 4 rings (SSSR count). The molecule has 1 aromatic carbocycles. The Hall–Kier alpha value is -1.87. The number of likely N-dealkylation sites (tertiary alicyclic amines) is 1. The third-order valence-electron chi connectivity index (χ3n) is 7.18. The maximum atomic E-state index is 14.1. The number of rotatable bonds is 10. The molecule has 0 aliphatic carbocycles. The van der Waals surface area contributed by atoms with E-state index in [1.807, 2.05) is 34.1 Å². The van der Waals surface area contributed by atoms with Crippen molar-refractivity contribution in [3.63, 3.8) is 0 Å². The van der Waals surface area contributed by atoms with Crippen molar-refractivity contribution < 1.29 is 14.3 Å². The summed E-state index contributed by atoms with van der Waals surface area (Å²) in [6.45, 7) is 9.46. The summed E-state index contributed by atoms with van der Waals surface area (Å²) in [5.74, 6) is 0.928. The molecule has 2 aliphatic rings. The van der Waals surface area contributed by atoms with E-state index in [2.05, 4.69) is 23.7 Å². The molecule has 0 radical (unpaired) electrons. The van der Waals surface area contributed by atoms with Crippen molar-refractivity contribution in [2.75, 3.05) is 46.4 Å². The fourth-order valence-corrected chi connectivity index (χ4v) is 5.44. The lowest BCUT2D eigenvalue weighted by atomic mass is 9.92. The Morgan fingerprint density at radius 3 is 2.57 bits per heavy atom. The number of hydrogen-bond donors (Lipinski definition) is 1. The number of ether oxygens (including phenoxy) is 1. The molecule has 1 N–H and O–H groups in total. The van der Waals surface area contributed by atoms with Gasteiger partial charge in [-0.3, -0.25) is 9.59 Å². The summed E-state index contributed by atoms with van der Waals surface area (Å²) in [4.78, 5) is 36.0. The minimum atomic E-state index is -0.0813. The highest BCUT2D eigenvalue weighted by atomic mass is 35.5. The molecular weight excluding hydrogens is 513 g/mol. The van der Waals surface area contributed by atoms with Crippen LogP contribution in [0.2, 0.25) is 0 Å². The van der Waals surface area contributed by atoms with E-state index in [0.717, 1.165) is 56.4 Å². The summed E-state index contributed by atoms with van der Waals surface area (Å²) in [7, 11) is 1.71. The molecule has 3 heterocycles. The van der Waals surface area contributed by atoms with E-state index in [0.29, 0.717) is 44.4 Å². The molecular formula is C27H43Cl2N5O3. The molecule has 37 heavy (non-hydrogen) atoms. The number of piperidine rings is 1. The topological polar surface area (TPSA) is 79.7 Å². The highest BCUT2D eigenvalue weighted by molar-refractivity contribution is 5.95. The number of fused-ring (bicyclic) bond motifs is 1. The van der Waals surface area contributed by atoms with E-state index in [1.54, 1.807) is 7.11 Å². The van der Waals surface area contributed by atoms with Gasteiger partial charge in [-0.15, -0.1) is 24.8 Å². The second-order valence-corrected chi connectivity index (χ2v) is 10.4. The van der Waals surface area contributed by atoms with Gasteiger partial charge in [0.2, 0.25) is 5.91 Å². The Morgan fingerprint density at radius 2 is 1.86 bits per heavy atom. The van der Waals surface area contributed by atoms with Crippen LogP contribution in [0.1, 0.15) is 56.6 Å². The molecule has 2 saturated heterocycles. The van der Waals surface area contributed by atoms with E-state index >= 15 is 0 Å². The number of para-hydroxylation sites is 2. The number of carbonyl (C=O) groups excluding carboxylic acids is 2. The molecule has 0 saturated carbocycles. The number of unbranched alkanes of at least 4 members (excludes halogenated alkanes) is 1. The van der Waals surface area contributed by atoms with Gasteiger partial charge >= 0.3 is 0 Å². The molecule has 10 heteroatoms. The SMILES string of the molecule is COCCCCn1c(C(=O)N(CC(C)C)[C@@H]2CNC[C@H](C(=O)N3CCCC3)C2)nc2ccccc21.Cl.Cl. The quantitative estimate of drug-likeness (QED) is 0.448. The number of nitrogens with zero attached hydrogens (tertiary/aromatic N) is 4. The molecule has 2 aliphatic heterocycles. The number of nitrogens with one attached hydrogen (secondary N) is 1. The smallest absolute Gasteiger partial charge is 0.290 e. The van der Waals surface area contributed by atoms with Crippen LogP contribution in [0.3, 0.4) is 0 Å². The van der Waals surface area contributed by atoms with Crippen molar-refractivity contribution in [1.29, 1.82) is 0 Å². The largest absolute Gasteiger partial charge is 0.385 e. The van der Waals surface area contributed by atoms with Crippen LogP contribution >= 0.6 is 24.8 Å². The van der Waals surface area contributed by atoms with Crippen LogP contribution in [0.5, 0.6) is 0 Å². The third-order valence-corrected chi connectivity index (χ3v) is 7.18. The summed E-state index contributed by atoms with van der Waals surface area (Å²) in [6, 6.07) is 7.93. The highest BCUT2D eigenvalue weighted by Crippen LogP contribution is 2.25. The van der Waals surface area contributed by atoms with E-state index in [9.17, 15) is 9.59 Å². The first-order valence-electron chi connectivity index (χ1n) is 13.2. The molecule has 208 valence electrons. The Labute approximate surface area is 233 Å². The van der Waals surface area contributed by atoms with Crippen LogP contribution in [-0.4, -0.2) is 83.6 Å². The van der Waals surface area contributed by atoms with Gasteiger partial charge in [0, 0.05) is 59.0 Å². The summed E-state index contributed by atoms with van der Waals surface area (Å²) >= 11 is 0. The van der Waals surface area contributed by atoms with Crippen molar-refractivity contribution in [1.82, 2.24) is 24.7 Å². The average Bonchev–Trinajstić information content (AvgIpc) is 3.53. The predicted octanol–water partition coefficient (Wildman–Crippen LogP) is 4.01. The van der Waals surface area contributed by atoms with Gasteiger partial charge in [-0.2, -0.15) is 0 Å². The molecule has 0 spiro atoms. The lowest BCUT2D eigenvalue weighted by molar-refractivity contribution is -0.135. The zero-order valence-electron chi connectivity index (χ0n) is 22.4. The maximum Gasteiger partial charge on any atom is 0.290 e. The Morgan fingerprint density at radius 1 is 1.14 bits per heavy atom. The standard InChI is InChI=1S/C27H41N5O3.2ClH/c1-20(2)19-32(22-16-21(17-28-18-22)26(33)30-12-6-7-13-30)27(34)25-29-23-10-4-5-11-24(23)31(25)14-8-9-15-35-3;;/h4-5,10-11,20-22,28H,6-9,12-19H2,1-3H3;2*1H/t21-,22+;;/m1../s1. The number of aromatic nitrogens is 2. The molecule has 0 bridgehead atoms. The van der Waals surface area contributed by atoms with Gasteiger partial charge in [0.1, 0.15) is 0 Å². The van der Waals surface area contributed by atoms with Crippen LogP contribution in [0.25, 0.3) is 11.0 Å². The Balaban J connectivity index is 0.00000241. The first kappa shape index (κ1) is 31.3. The molecule has 8 nitrogen and oxygen atoms in total. The second-order valence-electron chi connectivity index (χ2n) is 10.4. The third kappa shape index (κ3) is 7.59. The number of imidazole rings is 1.